The van der Waals surface area contributed by atoms with Gasteiger partial charge in [-0.1, -0.05) is 0 Å². The maximum Gasteiger partial charge on any atom is 0.153 e. The molecule has 0 fully saturated rings. The Bertz CT molecular complexity index is 678. The average Bonchev–Trinajstić information content (AvgIpc) is 2.83. The Morgan fingerprint density at radius 3 is 3.00 bits per heavy atom. The van der Waals surface area contributed by atoms with Gasteiger partial charge in [0.25, 0.3) is 0 Å². The Balaban J connectivity index is 2.45. The molecule has 1 aromatic carbocycles. The zero-order valence-electron chi connectivity index (χ0n) is 8.71. The normalized spacial score (nSPS) is 10.9. The fraction of sp³-hybridized carbons (Fsp3) is 0. The van der Waals surface area contributed by atoms with Gasteiger partial charge in [-0.05, 0) is 18.2 Å². The molecule has 5 nitrogen and oxygen atoms in total. The van der Waals surface area contributed by atoms with Crippen molar-refractivity contribution in [3.05, 3.63) is 42.9 Å². The van der Waals surface area contributed by atoms with Gasteiger partial charge >= 0.3 is 0 Å². The van der Waals surface area contributed by atoms with Crippen LogP contribution in [0.3, 0.4) is 0 Å². The van der Waals surface area contributed by atoms with Crippen molar-refractivity contribution in [3.8, 4) is 5.69 Å². The Hall–Kier alpha value is -2.50. The number of nitrogens with two attached hydrogens (primary N) is 1. The number of fused-ring (bicyclic) bond motifs is 1. The Kier molecular flexibility index (Phi) is 2.01. The molecule has 0 radical (unpaired) electrons. The first-order valence-electron chi connectivity index (χ1n) is 4.95. The van der Waals surface area contributed by atoms with Crippen LogP contribution in [0.5, 0.6) is 0 Å². The van der Waals surface area contributed by atoms with Gasteiger partial charge in [-0.2, -0.15) is 5.10 Å². The monoisotopic (exact) mass is 229 g/mol. The fourth-order valence-corrected chi connectivity index (χ4v) is 1.76. The molecule has 0 amide bonds. The van der Waals surface area contributed by atoms with E-state index < -0.39 is 5.82 Å². The van der Waals surface area contributed by atoms with Gasteiger partial charge in [0, 0.05) is 17.3 Å². The highest BCUT2D eigenvalue weighted by atomic mass is 19.1. The summed E-state index contributed by atoms with van der Waals surface area (Å²) >= 11 is 0. The maximum absolute atomic E-state index is 13.9. The van der Waals surface area contributed by atoms with Crippen molar-refractivity contribution in [2.24, 2.45) is 0 Å². The Morgan fingerprint density at radius 1 is 1.35 bits per heavy atom. The molecule has 6 heteroatoms. The molecule has 0 aliphatic heterocycles. The molecular formula is C11H8FN5. The molecule has 0 aliphatic carbocycles. The highest BCUT2D eigenvalue weighted by Crippen LogP contribution is 2.27. The van der Waals surface area contributed by atoms with E-state index in [-0.39, 0.29) is 5.69 Å². The standard InChI is InChI=1S/C11H8FN5/c12-8-4-9(13)7-2-1-3-15-10(7)11(8)17-6-14-5-16-17/h1-6H,13H2. The molecular weight excluding hydrogens is 221 g/mol. The molecule has 0 saturated carbocycles. The third-order valence-corrected chi connectivity index (χ3v) is 2.50. The van der Waals surface area contributed by atoms with Gasteiger partial charge in [-0.15, -0.1) is 0 Å². The molecule has 0 atom stereocenters. The lowest BCUT2D eigenvalue weighted by molar-refractivity contribution is 0.613. The Labute approximate surface area is 95.7 Å². The molecule has 0 spiro atoms. The first-order chi connectivity index (χ1) is 8.27. The van der Waals surface area contributed by atoms with Gasteiger partial charge in [-0.3, -0.25) is 4.98 Å². The lowest BCUT2D eigenvalue weighted by Gasteiger charge is -2.08. The minimum Gasteiger partial charge on any atom is -0.398 e. The second-order valence-electron chi connectivity index (χ2n) is 3.54. The van der Waals surface area contributed by atoms with Crippen molar-refractivity contribution < 1.29 is 4.39 Å². The number of nitrogen functional groups attached to an aromatic ring is 1. The van der Waals surface area contributed by atoms with Crippen molar-refractivity contribution in [1.29, 1.82) is 0 Å². The number of pyridine rings is 1. The van der Waals surface area contributed by atoms with Crippen molar-refractivity contribution in [3.63, 3.8) is 0 Å². The van der Waals surface area contributed by atoms with E-state index in [1.54, 1.807) is 18.3 Å². The lowest BCUT2D eigenvalue weighted by Crippen LogP contribution is -2.02. The van der Waals surface area contributed by atoms with Crippen LogP contribution in [-0.2, 0) is 0 Å². The van der Waals surface area contributed by atoms with Crippen molar-refractivity contribution in [2.45, 2.75) is 0 Å². The summed E-state index contributed by atoms with van der Waals surface area (Å²) in [5.41, 5.74) is 6.83. The topological polar surface area (TPSA) is 69.6 Å². The van der Waals surface area contributed by atoms with Gasteiger partial charge in [0.2, 0.25) is 0 Å². The van der Waals surface area contributed by atoms with E-state index in [4.69, 9.17) is 5.73 Å². The zero-order valence-corrected chi connectivity index (χ0v) is 8.71. The van der Waals surface area contributed by atoms with Gasteiger partial charge in [0.15, 0.2) is 5.82 Å². The highest BCUT2D eigenvalue weighted by Gasteiger charge is 2.13. The summed E-state index contributed by atoms with van der Waals surface area (Å²) in [7, 11) is 0. The van der Waals surface area contributed by atoms with Gasteiger partial charge in [0.1, 0.15) is 23.9 Å². The van der Waals surface area contributed by atoms with Gasteiger partial charge < -0.3 is 5.73 Å². The van der Waals surface area contributed by atoms with Crippen LogP contribution in [-0.4, -0.2) is 19.7 Å². The van der Waals surface area contributed by atoms with Crippen molar-refractivity contribution >= 4 is 16.6 Å². The minimum atomic E-state index is -0.473. The molecule has 84 valence electrons. The largest absolute Gasteiger partial charge is 0.398 e. The van der Waals surface area contributed by atoms with E-state index in [0.717, 1.165) is 0 Å². The Morgan fingerprint density at radius 2 is 2.24 bits per heavy atom. The van der Waals surface area contributed by atoms with E-state index in [0.29, 0.717) is 16.6 Å². The predicted octanol–water partition coefficient (Wildman–Crippen LogP) is 1.54. The van der Waals surface area contributed by atoms with E-state index in [9.17, 15) is 4.39 Å². The average molecular weight is 229 g/mol. The molecule has 3 rings (SSSR count). The molecule has 3 aromatic rings. The molecule has 0 aliphatic rings. The van der Waals surface area contributed by atoms with E-state index >= 15 is 0 Å². The van der Waals surface area contributed by atoms with Crippen LogP contribution in [0.4, 0.5) is 10.1 Å². The van der Waals surface area contributed by atoms with Crippen LogP contribution in [0.1, 0.15) is 0 Å². The number of hydrogen-bond donors (Lipinski definition) is 1. The SMILES string of the molecule is Nc1cc(F)c(-n2cncn2)c2ncccc12. The quantitative estimate of drug-likeness (QED) is 0.642. The third kappa shape index (κ3) is 1.42. The number of nitrogens with zero attached hydrogens (tertiary/aromatic N) is 4. The maximum atomic E-state index is 13.9. The van der Waals surface area contributed by atoms with Gasteiger partial charge in [0.05, 0.1) is 0 Å². The third-order valence-electron chi connectivity index (χ3n) is 2.50. The van der Waals surface area contributed by atoms with E-state index in [2.05, 4.69) is 15.1 Å². The van der Waals surface area contributed by atoms with Crippen LogP contribution in [0.15, 0.2) is 37.1 Å². The first kappa shape index (κ1) is 9.71. The van der Waals surface area contributed by atoms with Crippen LogP contribution < -0.4 is 5.73 Å². The smallest absolute Gasteiger partial charge is 0.153 e. The summed E-state index contributed by atoms with van der Waals surface area (Å²) in [6, 6.07) is 4.81. The summed E-state index contributed by atoms with van der Waals surface area (Å²) in [4.78, 5) is 7.95. The van der Waals surface area contributed by atoms with Crippen LogP contribution in [0.2, 0.25) is 0 Å². The molecule has 2 aromatic heterocycles. The minimum absolute atomic E-state index is 0.257. The lowest BCUT2D eigenvalue weighted by atomic mass is 10.1. The van der Waals surface area contributed by atoms with E-state index in [1.807, 2.05) is 0 Å². The summed E-state index contributed by atoms with van der Waals surface area (Å²) in [6.07, 6.45) is 4.34. The second kappa shape index (κ2) is 3.51. The van der Waals surface area contributed by atoms with E-state index in [1.165, 1.54) is 23.4 Å². The fourth-order valence-electron chi connectivity index (χ4n) is 1.76. The summed E-state index contributed by atoms with van der Waals surface area (Å²) < 4.78 is 15.3. The molecule has 17 heavy (non-hydrogen) atoms. The molecule has 0 saturated heterocycles. The summed E-state index contributed by atoms with van der Waals surface area (Å²) in [5, 5.41) is 4.61. The number of aromatic nitrogens is 4. The molecule has 0 bridgehead atoms. The van der Waals surface area contributed by atoms with Crippen molar-refractivity contribution in [2.75, 3.05) is 5.73 Å². The number of anilines is 1. The predicted molar refractivity (Wildman–Crippen MR) is 61.0 cm³/mol. The number of hydrogen-bond acceptors (Lipinski definition) is 4. The highest BCUT2D eigenvalue weighted by molar-refractivity contribution is 5.95. The van der Waals surface area contributed by atoms with Gasteiger partial charge in [-0.25, -0.2) is 14.1 Å². The first-order valence-corrected chi connectivity index (χ1v) is 4.95. The zero-order chi connectivity index (χ0) is 11.8. The number of rotatable bonds is 1. The molecule has 0 unspecified atom stereocenters. The number of benzene rings is 1. The summed E-state index contributed by atoms with van der Waals surface area (Å²) in [5.74, 6) is -0.473. The van der Waals surface area contributed by atoms with Crippen LogP contribution >= 0.6 is 0 Å². The van der Waals surface area contributed by atoms with Crippen molar-refractivity contribution in [1.82, 2.24) is 19.7 Å². The summed E-state index contributed by atoms with van der Waals surface area (Å²) in [6.45, 7) is 0. The molecule has 2 heterocycles. The van der Waals surface area contributed by atoms with Crippen LogP contribution in [0, 0.1) is 5.82 Å². The van der Waals surface area contributed by atoms with Crippen LogP contribution in [0.25, 0.3) is 16.6 Å². The number of halogens is 1. The second-order valence-corrected chi connectivity index (χ2v) is 3.54. The molecule has 2 N–H and O–H groups in total.